The Balaban J connectivity index is 2.63. The van der Waals surface area contributed by atoms with Crippen LogP contribution in [0.25, 0.3) is 0 Å². The van der Waals surface area contributed by atoms with Gasteiger partial charge in [-0.05, 0) is 6.92 Å². The molecule has 0 spiro atoms. The third-order valence-corrected chi connectivity index (χ3v) is 1.13. The summed E-state index contributed by atoms with van der Waals surface area (Å²) in [6, 6.07) is 1.78. The van der Waals surface area contributed by atoms with Gasteiger partial charge in [0.15, 0.2) is 0 Å². The molecule has 1 aromatic rings. The Hall–Kier alpha value is -1.38. The summed E-state index contributed by atoms with van der Waals surface area (Å²) >= 11 is 0. The number of aryl methyl sites for hydroxylation is 1. The Morgan fingerprint density at radius 3 is 3.09 bits per heavy atom. The van der Waals surface area contributed by atoms with E-state index in [1.807, 2.05) is 6.92 Å². The van der Waals surface area contributed by atoms with Gasteiger partial charge in [0, 0.05) is 11.8 Å². The van der Waals surface area contributed by atoms with Crippen molar-refractivity contribution >= 4 is 0 Å². The Kier molecular flexibility index (Phi) is 2.60. The molecule has 0 amide bonds. The summed E-state index contributed by atoms with van der Waals surface area (Å²) in [5.41, 5.74) is 0.902. The average Bonchev–Trinajstić information content (AvgIpc) is 2.01. The van der Waals surface area contributed by atoms with E-state index >= 15 is 0 Å². The maximum atomic E-state index is 5.17. The third kappa shape index (κ3) is 2.37. The lowest BCUT2D eigenvalue weighted by molar-refractivity contribution is 0.347. The molecule has 58 valence electrons. The first-order chi connectivity index (χ1) is 5.33. The number of hydrogen-bond donors (Lipinski definition) is 0. The number of rotatable bonds is 3. The first kappa shape index (κ1) is 7.72. The second-order valence-corrected chi connectivity index (χ2v) is 2.10. The Morgan fingerprint density at radius 1 is 1.64 bits per heavy atom. The second-order valence-electron chi connectivity index (χ2n) is 2.10. The summed E-state index contributed by atoms with van der Waals surface area (Å²) in [7, 11) is 0. The van der Waals surface area contributed by atoms with Crippen LogP contribution in [-0.2, 0) is 0 Å². The number of nitrogens with zero attached hydrogens (tertiary/aromatic N) is 2. The van der Waals surface area contributed by atoms with Crippen LogP contribution in [0.3, 0.4) is 0 Å². The van der Waals surface area contributed by atoms with Crippen LogP contribution >= 0.6 is 0 Å². The molecule has 0 bridgehead atoms. The topological polar surface area (TPSA) is 35.0 Å². The summed E-state index contributed by atoms with van der Waals surface area (Å²) in [5.74, 6) is 0.595. The van der Waals surface area contributed by atoms with Crippen molar-refractivity contribution in [2.45, 2.75) is 6.92 Å². The molecular weight excluding hydrogens is 140 g/mol. The molecule has 0 aliphatic carbocycles. The molecule has 1 rings (SSSR count). The van der Waals surface area contributed by atoms with Crippen molar-refractivity contribution in [1.82, 2.24) is 9.97 Å². The largest absolute Gasteiger partial charge is 0.473 e. The van der Waals surface area contributed by atoms with Crippen LogP contribution in [0.2, 0.25) is 0 Å². The lowest BCUT2D eigenvalue weighted by Crippen LogP contribution is -1.96. The Bertz CT molecular complexity index is 248. The summed E-state index contributed by atoms with van der Waals surface area (Å²) in [4.78, 5) is 7.83. The predicted octanol–water partition coefficient (Wildman–Crippen LogP) is 1.35. The first-order valence-electron chi connectivity index (χ1n) is 3.35. The van der Waals surface area contributed by atoms with Gasteiger partial charge in [-0.1, -0.05) is 12.7 Å². The first-order valence-corrected chi connectivity index (χ1v) is 3.35. The van der Waals surface area contributed by atoms with E-state index in [9.17, 15) is 0 Å². The van der Waals surface area contributed by atoms with E-state index in [4.69, 9.17) is 4.74 Å². The molecule has 0 aliphatic rings. The molecule has 0 unspecified atom stereocenters. The third-order valence-electron chi connectivity index (χ3n) is 1.13. The molecule has 0 saturated heterocycles. The molecular formula is C8H10N2O. The SMILES string of the molecule is C=CCOc1cc(C)ncn1. The minimum Gasteiger partial charge on any atom is -0.473 e. The molecule has 0 radical (unpaired) electrons. The summed E-state index contributed by atoms with van der Waals surface area (Å²) in [5, 5.41) is 0. The molecule has 3 nitrogen and oxygen atoms in total. The van der Waals surface area contributed by atoms with Crippen molar-refractivity contribution in [1.29, 1.82) is 0 Å². The van der Waals surface area contributed by atoms with Gasteiger partial charge < -0.3 is 4.74 Å². The standard InChI is InChI=1S/C8H10N2O/c1-3-4-11-8-5-7(2)9-6-10-8/h3,5-6H,1,4H2,2H3. The lowest BCUT2D eigenvalue weighted by Gasteiger charge is -2.00. The fourth-order valence-electron chi connectivity index (χ4n) is 0.653. The highest BCUT2D eigenvalue weighted by molar-refractivity contribution is 5.11. The van der Waals surface area contributed by atoms with Gasteiger partial charge in [0.1, 0.15) is 12.9 Å². The molecule has 0 fully saturated rings. The van der Waals surface area contributed by atoms with Crippen molar-refractivity contribution in [2.24, 2.45) is 0 Å². The van der Waals surface area contributed by atoms with Gasteiger partial charge in [-0.2, -0.15) is 0 Å². The molecule has 3 heteroatoms. The molecule has 0 aliphatic heterocycles. The number of ether oxygens (including phenoxy) is 1. The second kappa shape index (κ2) is 3.71. The Labute approximate surface area is 65.8 Å². The van der Waals surface area contributed by atoms with Crippen molar-refractivity contribution in [3.63, 3.8) is 0 Å². The maximum Gasteiger partial charge on any atom is 0.216 e. The molecule has 11 heavy (non-hydrogen) atoms. The molecule has 1 heterocycles. The normalized spacial score (nSPS) is 9.18. The van der Waals surface area contributed by atoms with E-state index in [2.05, 4.69) is 16.5 Å². The Morgan fingerprint density at radius 2 is 2.45 bits per heavy atom. The van der Waals surface area contributed by atoms with E-state index < -0.39 is 0 Å². The molecule has 0 saturated carbocycles. The van der Waals surface area contributed by atoms with Gasteiger partial charge in [-0.15, -0.1) is 0 Å². The zero-order valence-corrected chi connectivity index (χ0v) is 6.45. The van der Waals surface area contributed by atoms with Crippen LogP contribution in [0, 0.1) is 6.92 Å². The fourth-order valence-corrected chi connectivity index (χ4v) is 0.653. The molecule has 1 aromatic heterocycles. The van der Waals surface area contributed by atoms with Crippen LogP contribution < -0.4 is 4.74 Å². The van der Waals surface area contributed by atoms with E-state index in [0.717, 1.165) is 5.69 Å². The lowest BCUT2D eigenvalue weighted by atomic mass is 10.4. The summed E-state index contributed by atoms with van der Waals surface area (Å²) < 4.78 is 5.17. The van der Waals surface area contributed by atoms with Crippen LogP contribution in [0.5, 0.6) is 5.88 Å². The van der Waals surface area contributed by atoms with Gasteiger partial charge in [0.2, 0.25) is 5.88 Å². The van der Waals surface area contributed by atoms with Gasteiger partial charge in [0.05, 0.1) is 0 Å². The fraction of sp³-hybridized carbons (Fsp3) is 0.250. The quantitative estimate of drug-likeness (QED) is 0.610. The summed E-state index contributed by atoms with van der Waals surface area (Å²) in [6.45, 7) is 5.90. The van der Waals surface area contributed by atoms with Gasteiger partial charge in [0.25, 0.3) is 0 Å². The van der Waals surface area contributed by atoms with Crippen molar-refractivity contribution in [3.05, 3.63) is 30.7 Å². The maximum absolute atomic E-state index is 5.17. The highest BCUT2D eigenvalue weighted by Gasteiger charge is 1.92. The summed E-state index contributed by atoms with van der Waals surface area (Å²) in [6.07, 6.45) is 3.16. The number of hydrogen-bond acceptors (Lipinski definition) is 3. The van der Waals surface area contributed by atoms with Crippen LogP contribution in [0.1, 0.15) is 5.69 Å². The van der Waals surface area contributed by atoms with Crippen LogP contribution in [-0.4, -0.2) is 16.6 Å². The smallest absolute Gasteiger partial charge is 0.216 e. The van der Waals surface area contributed by atoms with Crippen LogP contribution in [0.4, 0.5) is 0 Å². The predicted molar refractivity (Wildman–Crippen MR) is 42.5 cm³/mol. The van der Waals surface area contributed by atoms with Crippen molar-refractivity contribution < 1.29 is 4.74 Å². The van der Waals surface area contributed by atoms with Gasteiger partial charge >= 0.3 is 0 Å². The van der Waals surface area contributed by atoms with Gasteiger partial charge in [-0.25, -0.2) is 9.97 Å². The van der Waals surface area contributed by atoms with E-state index in [-0.39, 0.29) is 0 Å². The number of aromatic nitrogens is 2. The zero-order chi connectivity index (χ0) is 8.10. The molecule has 0 aromatic carbocycles. The van der Waals surface area contributed by atoms with E-state index in [1.54, 1.807) is 12.1 Å². The molecule has 0 N–H and O–H groups in total. The monoisotopic (exact) mass is 150 g/mol. The molecule has 0 atom stereocenters. The van der Waals surface area contributed by atoms with Gasteiger partial charge in [-0.3, -0.25) is 0 Å². The minimum atomic E-state index is 0.483. The highest BCUT2D eigenvalue weighted by Crippen LogP contribution is 2.04. The zero-order valence-electron chi connectivity index (χ0n) is 6.45. The highest BCUT2D eigenvalue weighted by atomic mass is 16.5. The van der Waals surface area contributed by atoms with Crippen molar-refractivity contribution in [3.8, 4) is 5.88 Å². The van der Waals surface area contributed by atoms with Crippen LogP contribution in [0.15, 0.2) is 25.0 Å². The average molecular weight is 150 g/mol. The van der Waals surface area contributed by atoms with E-state index in [0.29, 0.717) is 12.5 Å². The van der Waals surface area contributed by atoms with Crippen molar-refractivity contribution in [2.75, 3.05) is 6.61 Å². The minimum absolute atomic E-state index is 0.483. The van der Waals surface area contributed by atoms with E-state index in [1.165, 1.54) is 6.33 Å².